The molecule has 6 nitrogen and oxygen atoms in total. The number of rotatable bonds is 5. The number of para-hydroxylation sites is 1. The highest BCUT2D eigenvalue weighted by Gasteiger charge is 2.17. The van der Waals surface area contributed by atoms with Crippen molar-refractivity contribution in [1.29, 1.82) is 0 Å². The molecule has 0 saturated heterocycles. The number of halogens is 1. The molecule has 0 radical (unpaired) electrons. The number of nitrogens with zero attached hydrogens (tertiary/aromatic N) is 1. The number of fused-ring (bicyclic) bond motifs is 1. The molecule has 1 heterocycles. The van der Waals surface area contributed by atoms with Gasteiger partial charge >= 0.3 is 0 Å². The largest absolute Gasteiger partial charge is 0.507 e. The number of aromatic hydroxyl groups is 1. The highest BCUT2D eigenvalue weighted by molar-refractivity contribution is 7.21. The maximum absolute atomic E-state index is 12.7. The first kappa shape index (κ1) is 21.5. The van der Waals surface area contributed by atoms with E-state index in [-0.39, 0.29) is 11.7 Å². The quantitative estimate of drug-likeness (QED) is 0.266. The van der Waals surface area contributed by atoms with Gasteiger partial charge in [0.2, 0.25) is 0 Å². The number of phenols is 1. The maximum atomic E-state index is 12.7. The monoisotopic (exact) mass is 463 g/mol. The van der Waals surface area contributed by atoms with Crippen LogP contribution in [0.3, 0.4) is 0 Å². The molecule has 0 atom stereocenters. The Morgan fingerprint density at radius 1 is 1.03 bits per heavy atom. The number of benzene rings is 3. The van der Waals surface area contributed by atoms with Crippen molar-refractivity contribution in [2.75, 3.05) is 5.32 Å². The highest BCUT2D eigenvalue weighted by atomic mass is 35.5. The van der Waals surface area contributed by atoms with E-state index in [0.29, 0.717) is 26.7 Å². The summed E-state index contributed by atoms with van der Waals surface area (Å²) in [5.74, 6) is -0.657. The fourth-order valence-corrected chi connectivity index (χ4v) is 4.54. The Balaban J connectivity index is 1.41. The molecule has 0 aliphatic carbocycles. The van der Waals surface area contributed by atoms with Gasteiger partial charge in [0.25, 0.3) is 11.8 Å². The second-order valence-electron chi connectivity index (χ2n) is 7.03. The van der Waals surface area contributed by atoms with Gasteiger partial charge in [0.1, 0.15) is 10.6 Å². The molecule has 1 aromatic heterocycles. The zero-order chi connectivity index (χ0) is 22.7. The smallest absolute Gasteiger partial charge is 0.271 e. The van der Waals surface area contributed by atoms with Crippen LogP contribution >= 0.6 is 22.9 Å². The molecule has 32 heavy (non-hydrogen) atoms. The first-order valence-corrected chi connectivity index (χ1v) is 10.8. The lowest BCUT2D eigenvalue weighted by molar-refractivity contribution is 0.0954. The van der Waals surface area contributed by atoms with Crippen molar-refractivity contribution < 1.29 is 14.7 Å². The number of amides is 2. The minimum absolute atomic E-state index is 0.0690. The van der Waals surface area contributed by atoms with Crippen LogP contribution in [0.1, 0.15) is 31.2 Å². The molecule has 4 rings (SSSR count). The predicted molar refractivity (Wildman–Crippen MR) is 129 cm³/mol. The van der Waals surface area contributed by atoms with Crippen LogP contribution in [0, 0.1) is 6.92 Å². The van der Waals surface area contributed by atoms with Gasteiger partial charge in [0.05, 0.1) is 11.2 Å². The number of carbonyl (C=O) groups is 2. The Kier molecular flexibility index (Phi) is 6.20. The lowest BCUT2D eigenvalue weighted by atomic mass is 10.2. The molecular weight excluding hydrogens is 446 g/mol. The van der Waals surface area contributed by atoms with Crippen LogP contribution in [0.25, 0.3) is 10.1 Å². The summed E-state index contributed by atoms with van der Waals surface area (Å²) in [6, 6.07) is 18.9. The second kappa shape index (κ2) is 9.21. The van der Waals surface area contributed by atoms with Gasteiger partial charge in [-0.3, -0.25) is 9.59 Å². The highest BCUT2D eigenvalue weighted by Crippen LogP contribution is 2.36. The Morgan fingerprint density at radius 3 is 2.53 bits per heavy atom. The van der Waals surface area contributed by atoms with E-state index in [4.69, 9.17) is 11.6 Å². The number of hydrazone groups is 1. The van der Waals surface area contributed by atoms with Crippen molar-refractivity contribution in [3.63, 3.8) is 0 Å². The van der Waals surface area contributed by atoms with Crippen LogP contribution in [0.2, 0.25) is 5.02 Å². The van der Waals surface area contributed by atoms with Gasteiger partial charge in [0, 0.05) is 26.9 Å². The van der Waals surface area contributed by atoms with E-state index in [1.165, 1.54) is 23.6 Å². The summed E-state index contributed by atoms with van der Waals surface area (Å²) in [5, 5.41) is 17.7. The van der Waals surface area contributed by atoms with Crippen molar-refractivity contribution in [2.45, 2.75) is 6.92 Å². The summed E-state index contributed by atoms with van der Waals surface area (Å²) >= 11 is 7.75. The third-order valence-electron chi connectivity index (χ3n) is 4.70. The molecule has 3 N–H and O–H groups in total. The summed E-state index contributed by atoms with van der Waals surface area (Å²) in [6.45, 7) is 1.99. The standard InChI is InChI=1S/C24H18ClN3O3S/c1-14-6-11-18-20(12-14)32-22(21(18)25)24(31)27-17-9-7-15(8-10-17)23(30)28-26-13-16-4-2-3-5-19(16)29/h2-13,29H,1H3,(H,27,31)(H,28,30)/b26-13-. The molecule has 0 fully saturated rings. The van der Waals surface area contributed by atoms with Crippen molar-refractivity contribution in [3.8, 4) is 5.75 Å². The van der Waals surface area contributed by atoms with Crippen molar-refractivity contribution in [3.05, 3.63) is 93.3 Å². The Bertz CT molecular complexity index is 1350. The zero-order valence-corrected chi connectivity index (χ0v) is 18.5. The summed E-state index contributed by atoms with van der Waals surface area (Å²) in [7, 11) is 0. The number of anilines is 1. The van der Waals surface area contributed by atoms with E-state index in [1.807, 2.05) is 25.1 Å². The molecule has 4 aromatic rings. The lowest BCUT2D eigenvalue weighted by Gasteiger charge is -2.05. The van der Waals surface area contributed by atoms with E-state index >= 15 is 0 Å². The van der Waals surface area contributed by atoms with E-state index in [0.717, 1.165) is 15.6 Å². The predicted octanol–water partition coefficient (Wildman–Crippen LogP) is 5.58. The third-order valence-corrected chi connectivity index (χ3v) is 6.36. The van der Waals surface area contributed by atoms with Crippen LogP contribution < -0.4 is 10.7 Å². The minimum Gasteiger partial charge on any atom is -0.507 e. The van der Waals surface area contributed by atoms with Crippen molar-refractivity contribution in [2.24, 2.45) is 5.10 Å². The number of aryl methyl sites for hydroxylation is 1. The molecule has 0 bridgehead atoms. The van der Waals surface area contributed by atoms with Crippen LogP contribution in [-0.4, -0.2) is 23.1 Å². The first-order chi connectivity index (χ1) is 15.4. The average molecular weight is 464 g/mol. The summed E-state index contributed by atoms with van der Waals surface area (Å²) in [4.78, 5) is 25.4. The van der Waals surface area contributed by atoms with E-state index in [2.05, 4.69) is 15.8 Å². The topological polar surface area (TPSA) is 90.8 Å². The molecule has 0 aliphatic heterocycles. The second-order valence-corrected chi connectivity index (χ2v) is 8.46. The number of hydrogen-bond donors (Lipinski definition) is 3. The van der Waals surface area contributed by atoms with Gasteiger partial charge in [-0.15, -0.1) is 11.3 Å². The van der Waals surface area contributed by atoms with Crippen LogP contribution in [0.15, 0.2) is 71.8 Å². The fourth-order valence-electron chi connectivity index (χ4n) is 3.03. The van der Waals surface area contributed by atoms with Crippen LogP contribution in [0.5, 0.6) is 5.75 Å². The number of hydrogen-bond acceptors (Lipinski definition) is 5. The SMILES string of the molecule is Cc1ccc2c(Cl)c(C(=O)Nc3ccc(C(=O)N/N=C\c4ccccc4O)cc3)sc2c1. The molecule has 0 unspecified atom stereocenters. The molecule has 2 amide bonds. The number of carbonyl (C=O) groups excluding carboxylic acids is 2. The number of nitrogens with one attached hydrogen (secondary N) is 2. The molecular formula is C24H18ClN3O3S. The number of thiophene rings is 1. The van der Waals surface area contributed by atoms with Gasteiger partial charge in [0.15, 0.2) is 0 Å². The van der Waals surface area contributed by atoms with Gasteiger partial charge in [-0.25, -0.2) is 5.43 Å². The minimum atomic E-state index is -0.419. The Morgan fingerprint density at radius 2 is 1.78 bits per heavy atom. The van der Waals surface area contributed by atoms with Crippen LogP contribution in [-0.2, 0) is 0 Å². The maximum Gasteiger partial charge on any atom is 0.271 e. The Labute approximate surface area is 193 Å². The molecule has 160 valence electrons. The zero-order valence-electron chi connectivity index (χ0n) is 16.9. The van der Waals surface area contributed by atoms with Gasteiger partial charge in [-0.2, -0.15) is 5.10 Å². The van der Waals surface area contributed by atoms with E-state index in [9.17, 15) is 14.7 Å². The first-order valence-electron chi connectivity index (χ1n) is 9.64. The van der Waals surface area contributed by atoms with Crippen molar-refractivity contribution in [1.82, 2.24) is 5.43 Å². The van der Waals surface area contributed by atoms with E-state index < -0.39 is 5.91 Å². The summed E-state index contributed by atoms with van der Waals surface area (Å²) in [5.41, 5.74) is 4.89. The summed E-state index contributed by atoms with van der Waals surface area (Å²) in [6.07, 6.45) is 1.36. The van der Waals surface area contributed by atoms with Crippen LogP contribution in [0.4, 0.5) is 5.69 Å². The molecule has 0 aliphatic rings. The normalized spacial score (nSPS) is 11.1. The average Bonchev–Trinajstić information content (AvgIpc) is 3.11. The van der Waals surface area contributed by atoms with Crippen molar-refractivity contribution >= 4 is 56.7 Å². The molecule has 8 heteroatoms. The molecule has 3 aromatic carbocycles. The van der Waals surface area contributed by atoms with Gasteiger partial charge in [-0.05, 0) is 55.0 Å². The molecule has 0 spiro atoms. The third kappa shape index (κ3) is 4.64. The fraction of sp³-hybridized carbons (Fsp3) is 0.0417. The molecule has 0 saturated carbocycles. The summed E-state index contributed by atoms with van der Waals surface area (Å²) < 4.78 is 0.955. The van der Waals surface area contributed by atoms with Gasteiger partial charge < -0.3 is 10.4 Å². The lowest BCUT2D eigenvalue weighted by Crippen LogP contribution is -2.17. The van der Waals surface area contributed by atoms with E-state index in [1.54, 1.807) is 42.5 Å². The van der Waals surface area contributed by atoms with Gasteiger partial charge in [-0.1, -0.05) is 35.9 Å². The number of phenolic OH excluding ortho intramolecular Hbond substituents is 1. The Hall–Kier alpha value is -3.68.